The molecule has 1 heteroatoms. The molecule has 0 spiro atoms. The second kappa shape index (κ2) is 8.22. The minimum atomic E-state index is 0.143. The number of allylic oxidation sites excluding steroid dienone is 6. The second-order valence-electron chi connectivity index (χ2n) is 3.84. The lowest BCUT2D eigenvalue weighted by Crippen LogP contribution is -1.89. The minimum absolute atomic E-state index is 0.143. The number of rotatable bonds is 6. The molecule has 0 aromatic rings. The highest BCUT2D eigenvalue weighted by Gasteiger charge is 1.93. The van der Waals surface area contributed by atoms with Gasteiger partial charge in [-0.15, -0.1) is 0 Å². The average molecular weight is 206 g/mol. The topological polar surface area (TPSA) is 17.1 Å². The Kier molecular flexibility index (Phi) is 7.61. The molecule has 0 radical (unpaired) electrons. The number of carbonyl (C=O) groups excluding carboxylic acids is 1. The number of hydrogen-bond acceptors (Lipinski definition) is 1. The lowest BCUT2D eigenvalue weighted by Gasteiger charge is -1.96. The molecule has 0 aliphatic rings. The summed E-state index contributed by atoms with van der Waals surface area (Å²) >= 11 is 0. The van der Waals surface area contributed by atoms with E-state index in [1.165, 1.54) is 5.57 Å². The summed E-state index contributed by atoms with van der Waals surface area (Å²) in [6.45, 7) is 7.68. The van der Waals surface area contributed by atoms with Gasteiger partial charge in [0.1, 0.15) is 0 Å². The molecular formula is C14H22O. The van der Waals surface area contributed by atoms with E-state index in [-0.39, 0.29) is 5.78 Å². The molecule has 0 fully saturated rings. The Morgan fingerprint density at radius 1 is 1.07 bits per heavy atom. The third kappa shape index (κ3) is 7.92. The van der Waals surface area contributed by atoms with E-state index in [1.807, 2.05) is 19.1 Å². The van der Waals surface area contributed by atoms with Gasteiger partial charge in [0.2, 0.25) is 0 Å². The first-order valence-electron chi connectivity index (χ1n) is 5.58. The van der Waals surface area contributed by atoms with Gasteiger partial charge < -0.3 is 0 Å². The van der Waals surface area contributed by atoms with Crippen molar-refractivity contribution in [2.45, 2.75) is 47.0 Å². The summed E-state index contributed by atoms with van der Waals surface area (Å²) in [6, 6.07) is 0. The molecule has 84 valence electrons. The summed E-state index contributed by atoms with van der Waals surface area (Å²) in [5, 5.41) is 0. The summed E-state index contributed by atoms with van der Waals surface area (Å²) in [4.78, 5) is 10.9. The summed E-state index contributed by atoms with van der Waals surface area (Å²) in [5.41, 5.74) is 2.13. The van der Waals surface area contributed by atoms with E-state index in [9.17, 15) is 4.79 Å². The molecule has 0 bridgehead atoms. The van der Waals surface area contributed by atoms with Crippen LogP contribution in [-0.2, 0) is 4.79 Å². The maximum Gasteiger partial charge on any atom is 0.155 e. The number of ketones is 1. The van der Waals surface area contributed by atoms with Crippen LogP contribution < -0.4 is 0 Å². The van der Waals surface area contributed by atoms with Gasteiger partial charge in [-0.25, -0.2) is 0 Å². The summed E-state index contributed by atoms with van der Waals surface area (Å²) < 4.78 is 0. The van der Waals surface area contributed by atoms with Gasteiger partial charge in [-0.1, -0.05) is 36.8 Å². The van der Waals surface area contributed by atoms with Crippen LogP contribution >= 0.6 is 0 Å². The molecule has 0 heterocycles. The first-order chi connectivity index (χ1) is 7.07. The highest BCUT2D eigenvalue weighted by Crippen LogP contribution is 2.06. The molecule has 0 amide bonds. The summed E-state index contributed by atoms with van der Waals surface area (Å²) in [7, 11) is 0. The first kappa shape index (κ1) is 13.9. The van der Waals surface area contributed by atoms with E-state index < -0.39 is 0 Å². The normalized spacial score (nSPS) is 13.6. The van der Waals surface area contributed by atoms with Crippen molar-refractivity contribution in [3.05, 3.63) is 35.5 Å². The summed E-state index contributed by atoms with van der Waals surface area (Å²) in [5.74, 6) is 0.143. The maximum absolute atomic E-state index is 10.9. The largest absolute Gasteiger partial charge is 0.295 e. The molecule has 0 aliphatic carbocycles. The van der Waals surface area contributed by atoms with Crippen LogP contribution in [0.2, 0.25) is 0 Å². The summed E-state index contributed by atoms with van der Waals surface area (Å²) in [6.07, 6.45) is 11.6. The van der Waals surface area contributed by atoms with E-state index in [4.69, 9.17) is 0 Å². The van der Waals surface area contributed by atoms with Crippen molar-refractivity contribution in [1.29, 1.82) is 0 Å². The Bertz CT molecular complexity index is 280. The Hall–Kier alpha value is -1.11. The number of carbonyl (C=O) groups is 1. The number of Topliss-reactive ketones (excluding diaryl/α,β-unsaturated/α-hetero) is 1. The van der Waals surface area contributed by atoms with Crippen molar-refractivity contribution in [2.75, 3.05) is 0 Å². The fourth-order valence-electron chi connectivity index (χ4n) is 1.06. The minimum Gasteiger partial charge on any atom is -0.295 e. The van der Waals surface area contributed by atoms with Crippen molar-refractivity contribution in [3.8, 4) is 0 Å². The molecule has 15 heavy (non-hydrogen) atoms. The van der Waals surface area contributed by atoms with Crippen LogP contribution in [0, 0.1) is 0 Å². The van der Waals surface area contributed by atoms with Gasteiger partial charge in [-0.05, 0) is 45.6 Å². The van der Waals surface area contributed by atoms with Crippen molar-refractivity contribution in [3.63, 3.8) is 0 Å². The van der Waals surface area contributed by atoms with Gasteiger partial charge in [-0.2, -0.15) is 0 Å². The standard InChI is InChI=1S/C14H22O/c1-5-6-7-8-9-12(2)10-11-13(3)14(4)15/h6-7,10-11H,5,8-9H2,1-4H3/b7-6+,12-10+,13-11+. The highest BCUT2D eigenvalue weighted by atomic mass is 16.1. The zero-order valence-corrected chi connectivity index (χ0v) is 10.3. The van der Waals surface area contributed by atoms with Crippen molar-refractivity contribution in [1.82, 2.24) is 0 Å². The third-order valence-electron chi connectivity index (χ3n) is 2.28. The molecule has 0 atom stereocenters. The smallest absolute Gasteiger partial charge is 0.155 e. The molecule has 0 saturated heterocycles. The second-order valence-corrected chi connectivity index (χ2v) is 3.84. The fraction of sp³-hybridized carbons (Fsp3) is 0.500. The van der Waals surface area contributed by atoms with E-state index in [2.05, 4.69) is 26.0 Å². The predicted molar refractivity (Wildman–Crippen MR) is 66.9 cm³/mol. The zero-order chi connectivity index (χ0) is 11.7. The van der Waals surface area contributed by atoms with Gasteiger partial charge in [0.05, 0.1) is 0 Å². The van der Waals surface area contributed by atoms with Gasteiger partial charge in [0, 0.05) is 0 Å². The van der Waals surface area contributed by atoms with Crippen LogP contribution in [0.5, 0.6) is 0 Å². The number of hydrogen-bond donors (Lipinski definition) is 0. The molecule has 0 saturated carbocycles. The van der Waals surface area contributed by atoms with Gasteiger partial charge >= 0.3 is 0 Å². The van der Waals surface area contributed by atoms with Crippen LogP contribution in [-0.4, -0.2) is 5.78 Å². The molecule has 0 unspecified atom stereocenters. The Balaban J connectivity index is 4.04. The lowest BCUT2D eigenvalue weighted by molar-refractivity contribution is -0.113. The fourth-order valence-corrected chi connectivity index (χ4v) is 1.06. The first-order valence-corrected chi connectivity index (χ1v) is 5.58. The lowest BCUT2D eigenvalue weighted by atomic mass is 10.1. The van der Waals surface area contributed by atoms with Crippen LogP contribution in [0.25, 0.3) is 0 Å². The predicted octanol–water partition coefficient (Wildman–Crippen LogP) is 4.21. The van der Waals surface area contributed by atoms with Crippen LogP contribution in [0.3, 0.4) is 0 Å². The van der Waals surface area contributed by atoms with Crippen LogP contribution in [0.4, 0.5) is 0 Å². The van der Waals surface area contributed by atoms with Gasteiger partial charge in [-0.3, -0.25) is 4.79 Å². The van der Waals surface area contributed by atoms with Gasteiger partial charge in [0.25, 0.3) is 0 Å². The zero-order valence-electron chi connectivity index (χ0n) is 10.3. The van der Waals surface area contributed by atoms with Crippen LogP contribution in [0.15, 0.2) is 35.5 Å². The van der Waals surface area contributed by atoms with E-state index in [0.717, 1.165) is 24.8 Å². The van der Waals surface area contributed by atoms with Crippen molar-refractivity contribution >= 4 is 5.78 Å². The van der Waals surface area contributed by atoms with E-state index >= 15 is 0 Å². The Morgan fingerprint density at radius 2 is 1.73 bits per heavy atom. The quantitative estimate of drug-likeness (QED) is 0.361. The SMILES string of the molecule is CC/C=C/CC/C(C)=C/C=C(\C)C(C)=O. The Labute approximate surface area is 93.6 Å². The highest BCUT2D eigenvalue weighted by molar-refractivity contribution is 5.92. The molecule has 0 N–H and O–H groups in total. The molecule has 1 nitrogen and oxygen atoms in total. The van der Waals surface area contributed by atoms with Crippen molar-refractivity contribution < 1.29 is 4.79 Å². The Morgan fingerprint density at radius 3 is 2.27 bits per heavy atom. The van der Waals surface area contributed by atoms with E-state index in [1.54, 1.807) is 6.92 Å². The van der Waals surface area contributed by atoms with Crippen molar-refractivity contribution in [2.24, 2.45) is 0 Å². The van der Waals surface area contributed by atoms with E-state index in [0.29, 0.717) is 0 Å². The van der Waals surface area contributed by atoms with Crippen LogP contribution in [0.1, 0.15) is 47.0 Å². The molecular weight excluding hydrogens is 184 g/mol. The average Bonchev–Trinajstić information content (AvgIpc) is 2.20. The third-order valence-corrected chi connectivity index (χ3v) is 2.28. The molecule has 0 rings (SSSR count). The van der Waals surface area contributed by atoms with Gasteiger partial charge in [0.15, 0.2) is 5.78 Å². The molecule has 0 aromatic carbocycles. The maximum atomic E-state index is 10.9. The molecule has 0 aromatic heterocycles. The molecule has 0 aliphatic heterocycles. The monoisotopic (exact) mass is 206 g/mol.